The minimum absolute atomic E-state index is 0.0147. The first-order valence-electron chi connectivity index (χ1n) is 6.25. The number of hydrogen-bond donors (Lipinski definition) is 3. The SMILES string of the molecule is OC[C@H](CC1OCCO1)Nc1ncnc2[nH]ccc12. The molecule has 1 aliphatic rings. The van der Waals surface area contributed by atoms with E-state index in [9.17, 15) is 5.11 Å². The Balaban J connectivity index is 1.72. The number of hydrogen-bond acceptors (Lipinski definition) is 6. The molecule has 3 heterocycles. The van der Waals surface area contributed by atoms with Crippen LogP contribution >= 0.6 is 0 Å². The lowest BCUT2D eigenvalue weighted by molar-refractivity contribution is -0.0518. The molecule has 102 valence electrons. The Morgan fingerprint density at radius 1 is 1.42 bits per heavy atom. The van der Waals surface area contributed by atoms with Crippen LogP contribution in [0.5, 0.6) is 0 Å². The highest BCUT2D eigenvalue weighted by Crippen LogP contribution is 2.20. The topological polar surface area (TPSA) is 92.3 Å². The number of aromatic amines is 1. The van der Waals surface area contributed by atoms with E-state index in [1.807, 2.05) is 12.3 Å². The van der Waals surface area contributed by atoms with Crippen LogP contribution in [0, 0.1) is 0 Å². The average molecular weight is 264 g/mol. The van der Waals surface area contributed by atoms with Crippen LogP contribution in [0.2, 0.25) is 0 Å². The van der Waals surface area contributed by atoms with Crippen molar-refractivity contribution in [3.63, 3.8) is 0 Å². The first kappa shape index (κ1) is 12.3. The van der Waals surface area contributed by atoms with E-state index in [1.165, 1.54) is 6.33 Å². The third-order valence-electron chi connectivity index (χ3n) is 3.08. The van der Waals surface area contributed by atoms with Gasteiger partial charge in [0.2, 0.25) is 0 Å². The molecule has 2 aromatic rings. The van der Waals surface area contributed by atoms with Gasteiger partial charge in [-0.15, -0.1) is 0 Å². The van der Waals surface area contributed by atoms with Crippen LogP contribution < -0.4 is 5.32 Å². The van der Waals surface area contributed by atoms with Crippen molar-refractivity contribution >= 4 is 16.9 Å². The largest absolute Gasteiger partial charge is 0.394 e. The summed E-state index contributed by atoms with van der Waals surface area (Å²) in [6.07, 6.45) is 3.61. The quantitative estimate of drug-likeness (QED) is 0.728. The van der Waals surface area contributed by atoms with Gasteiger partial charge in [-0.25, -0.2) is 9.97 Å². The number of H-pyrrole nitrogens is 1. The van der Waals surface area contributed by atoms with E-state index in [0.29, 0.717) is 25.5 Å². The highest BCUT2D eigenvalue weighted by Gasteiger charge is 2.21. The lowest BCUT2D eigenvalue weighted by atomic mass is 10.2. The molecule has 1 saturated heterocycles. The number of nitrogens with one attached hydrogen (secondary N) is 2. The Morgan fingerprint density at radius 3 is 3.05 bits per heavy atom. The maximum Gasteiger partial charge on any atom is 0.159 e. The molecule has 0 aromatic carbocycles. The second-order valence-electron chi connectivity index (χ2n) is 4.39. The number of aliphatic hydroxyl groups excluding tert-OH is 1. The summed E-state index contributed by atoms with van der Waals surface area (Å²) in [5.41, 5.74) is 0.766. The van der Waals surface area contributed by atoms with Crippen molar-refractivity contribution in [1.82, 2.24) is 15.0 Å². The molecule has 0 saturated carbocycles. The van der Waals surface area contributed by atoms with E-state index in [4.69, 9.17) is 9.47 Å². The first-order valence-corrected chi connectivity index (χ1v) is 6.25. The Morgan fingerprint density at radius 2 is 2.26 bits per heavy atom. The molecule has 0 unspecified atom stereocenters. The minimum atomic E-state index is -0.256. The van der Waals surface area contributed by atoms with Crippen LogP contribution in [0.1, 0.15) is 6.42 Å². The van der Waals surface area contributed by atoms with Crippen molar-refractivity contribution in [1.29, 1.82) is 0 Å². The number of rotatable bonds is 5. The van der Waals surface area contributed by atoms with Crippen LogP contribution in [0.4, 0.5) is 5.82 Å². The molecule has 7 nitrogen and oxygen atoms in total. The molecule has 3 N–H and O–H groups in total. The number of aromatic nitrogens is 3. The summed E-state index contributed by atoms with van der Waals surface area (Å²) in [7, 11) is 0. The van der Waals surface area contributed by atoms with E-state index >= 15 is 0 Å². The Hall–Kier alpha value is -1.70. The fraction of sp³-hybridized carbons (Fsp3) is 0.500. The fourth-order valence-electron chi connectivity index (χ4n) is 2.14. The number of fused-ring (bicyclic) bond motifs is 1. The number of anilines is 1. The number of aliphatic hydroxyl groups is 1. The van der Waals surface area contributed by atoms with Gasteiger partial charge in [0.05, 0.1) is 31.2 Å². The monoisotopic (exact) mass is 264 g/mol. The third-order valence-corrected chi connectivity index (χ3v) is 3.08. The zero-order chi connectivity index (χ0) is 13.1. The van der Waals surface area contributed by atoms with Crippen LogP contribution in [0.15, 0.2) is 18.6 Å². The summed E-state index contributed by atoms with van der Waals surface area (Å²) >= 11 is 0. The smallest absolute Gasteiger partial charge is 0.159 e. The Labute approximate surface area is 110 Å². The van der Waals surface area contributed by atoms with Gasteiger partial charge >= 0.3 is 0 Å². The highest BCUT2D eigenvalue weighted by atomic mass is 16.7. The van der Waals surface area contributed by atoms with Gasteiger partial charge < -0.3 is 24.9 Å². The zero-order valence-corrected chi connectivity index (χ0v) is 10.4. The van der Waals surface area contributed by atoms with Crippen LogP contribution in [-0.2, 0) is 9.47 Å². The standard InChI is InChI=1S/C12H16N4O3/c17-6-8(5-10-18-3-4-19-10)16-12-9-1-2-13-11(9)14-7-15-12/h1-2,7-8,10,17H,3-6H2,(H2,13,14,15,16)/t8-/m0/s1. The van der Waals surface area contributed by atoms with Gasteiger partial charge in [-0.3, -0.25) is 0 Å². The second-order valence-corrected chi connectivity index (χ2v) is 4.39. The molecule has 2 aromatic heterocycles. The summed E-state index contributed by atoms with van der Waals surface area (Å²) in [5.74, 6) is 0.697. The van der Waals surface area contributed by atoms with Crippen molar-refractivity contribution in [2.24, 2.45) is 0 Å². The number of nitrogens with zero attached hydrogens (tertiary/aromatic N) is 2. The number of ether oxygens (including phenoxy) is 2. The molecule has 0 spiro atoms. The molecule has 0 radical (unpaired) electrons. The Bertz CT molecular complexity index is 539. The van der Waals surface area contributed by atoms with Gasteiger partial charge in [0.25, 0.3) is 0 Å². The van der Waals surface area contributed by atoms with Crippen molar-refractivity contribution < 1.29 is 14.6 Å². The van der Waals surface area contributed by atoms with E-state index in [-0.39, 0.29) is 18.9 Å². The van der Waals surface area contributed by atoms with Gasteiger partial charge in [0, 0.05) is 12.6 Å². The molecule has 0 bridgehead atoms. The summed E-state index contributed by atoms with van der Waals surface area (Å²) in [4.78, 5) is 11.3. The second kappa shape index (κ2) is 5.52. The van der Waals surface area contributed by atoms with Crippen molar-refractivity contribution in [2.75, 3.05) is 25.1 Å². The zero-order valence-electron chi connectivity index (χ0n) is 10.4. The Kier molecular flexibility index (Phi) is 3.58. The van der Waals surface area contributed by atoms with E-state index in [0.717, 1.165) is 11.0 Å². The molecule has 0 amide bonds. The van der Waals surface area contributed by atoms with Crippen molar-refractivity contribution in [2.45, 2.75) is 18.8 Å². The van der Waals surface area contributed by atoms with Gasteiger partial charge in [0.15, 0.2) is 6.29 Å². The van der Waals surface area contributed by atoms with Gasteiger partial charge in [-0.2, -0.15) is 0 Å². The maximum absolute atomic E-state index is 9.45. The lowest BCUT2D eigenvalue weighted by Crippen LogP contribution is -2.29. The summed E-state index contributed by atoms with van der Waals surface area (Å²) < 4.78 is 10.8. The van der Waals surface area contributed by atoms with E-state index < -0.39 is 0 Å². The van der Waals surface area contributed by atoms with Crippen LogP contribution in [0.25, 0.3) is 11.0 Å². The molecule has 1 atom stereocenters. The predicted octanol–water partition coefficient (Wildman–Crippen LogP) is 0.494. The molecule has 0 aliphatic carbocycles. The normalized spacial score (nSPS) is 17.9. The highest BCUT2D eigenvalue weighted by molar-refractivity contribution is 5.86. The van der Waals surface area contributed by atoms with Crippen LogP contribution in [-0.4, -0.2) is 52.2 Å². The molecule has 3 rings (SSSR count). The van der Waals surface area contributed by atoms with E-state index in [2.05, 4.69) is 20.3 Å². The van der Waals surface area contributed by atoms with Gasteiger partial charge in [0.1, 0.15) is 17.8 Å². The molecule has 1 fully saturated rings. The molecule has 1 aliphatic heterocycles. The first-order chi connectivity index (χ1) is 9.36. The van der Waals surface area contributed by atoms with Crippen LogP contribution in [0.3, 0.4) is 0 Å². The van der Waals surface area contributed by atoms with Gasteiger partial charge in [-0.1, -0.05) is 0 Å². The average Bonchev–Trinajstić information content (AvgIpc) is 3.08. The summed E-state index contributed by atoms with van der Waals surface area (Å²) in [6.45, 7) is 1.20. The third kappa shape index (κ3) is 2.67. The maximum atomic E-state index is 9.45. The minimum Gasteiger partial charge on any atom is -0.394 e. The summed E-state index contributed by atoms with van der Waals surface area (Å²) in [6, 6.07) is 1.73. The summed E-state index contributed by atoms with van der Waals surface area (Å²) in [5, 5.41) is 13.5. The molecular formula is C12H16N4O3. The molecule has 19 heavy (non-hydrogen) atoms. The fourth-order valence-corrected chi connectivity index (χ4v) is 2.14. The predicted molar refractivity (Wildman–Crippen MR) is 68.7 cm³/mol. The van der Waals surface area contributed by atoms with Crippen molar-refractivity contribution in [3.8, 4) is 0 Å². The molecule has 7 heteroatoms. The van der Waals surface area contributed by atoms with Gasteiger partial charge in [-0.05, 0) is 6.07 Å². The molecular weight excluding hydrogens is 248 g/mol. The van der Waals surface area contributed by atoms with E-state index in [1.54, 1.807) is 0 Å². The lowest BCUT2D eigenvalue weighted by Gasteiger charge is -2.19. The van der Waals surface area contributed by atoms with Crippen molar-refractivity contribution in [3.05, 3.63) is 18.6 Å².